The van der Waals surface area contributed by atoms with Crippen LogP contribution >= 0.6 is 11.3 Å². The van der Waals surface area contributed by atoms with Crippen molar-refractivity contribution < 1.29 is 4.74 Å². The molecule has 0 saturated carbocycles. The van der Waals surface area contributed by atoms with Crippen molar-refractivity contribution in [2.75, 3.05) is 0 Å². The van der Waals surface area contributed by atoms with E-state index in [-0.39, 0.29) is 6.04 Å². The first-order valence-corrected chi connectivity index (χ1v) is 6.53. The number of hydrogen-bond donors (Lipinski definition) is 1. The van der Waals surface area contributed by atoms with Crippen LogP contribution in [0.1, 0.15) is 27.6 Å². The number of ether oxygens (including phenoxy) is 1. The van der Waals surface area contributed by atoms with Crippen LogP contribution in [0.3, 0.4) is 0 Å². The minimum absolute atomic E-state index is 0.0429. The van der Waals surface area contributed by atoms with Gasteiger partial charge < -0.3 is 10.5 Å². The Labute approximate surface area is 104 Å². The fourth-order valence-corrected chi connectivity index (χ4v) is 2.75. The molecule has 1 aliphatic rings. The molecule has 0 radical (unpaired) electrons. The predicted octanol–water partition coefficient (Wildman–Crippen LogP) is 2.42. The van der Waals surface area contributed by atoms with Gasteiger partial charge in [-0.25, -0.2) is 0 Å². The fraction of sp³-hybridized carbons (Fsp3) is 0.308. The third kappa shape index (κ3) is 2.24. The first-order chi connectivity index (χ1) is 8.33. The Morgan fingerprint density at radius 3 is 3.06 bits per heavy atom. The van der Waals surface area contributed by atoms with E-state index in [4.69, 9.17) is 10.5 Å². The number of benzene rings is 1. The predicted molar refractivity (Wildman–Crippen MR) is 67.7 cm³/mol. The molecule has 3 rings (SSSR count). The normalized spacial score (nSPS) is 15.8. The molecule has 0 spiro atoms. The van der Waals surface area contributed by atoms with Crippen LogP contribution in [0.5, 0.6) is 0 Å². The van der Waals surface area contributed by atoms with Crippen LogP contribution in [0.2, 0.25) is 0 Å². The molecule has 1 aromatic carbocycles. The summed E-state index contributed by atoms with van der Waals surface area (Å²) in [5, 5.41) is 0. The Kier molecular flexibility index (Phi) is 2.93. The number of hydrogen-bond acceptors (Lipinski definition) is 4. The smallest absolute Gasteiger partial charge is 0.0794 e. The summed E-state index contributed by atoms with van der Waals surface area (Å²) in [6.45, 7) is 1.45. The van der Waals surface area contributed by atoms with Gasteiger partial charge in [0.15, 0.2) is 0 Å². The van der Waals surface area contributed by atoms with Crippen molar-refractivity contribution in [3.63, 3.8) is 0 Å². The SMILES string of the molecule is NC(Cc1cncs1)c1ccc2c(c1)COC2. The summed E-state index contributed by atoms with van der Waals surface area (Å²) in [5.74, 6) is 0. The lowest BCUT2D eigenvalue weighted by molar-refractivity contribution is 0.134. The molecule has 1 aromatic heterocycles. The molecule has 3 nitrogen and oxygen atoms in total. The first kappa shape index (κ1) is 10.9. The maximum absolute atomic E-state index is 6.22. The van der Waals surface area contributed by atoms with Crippen LogP contribution in [-0.2, 0) is 24.4 Å². The van der Waals surface area contributed by atoms with Gasteiger partial charge in [-0.3, -0.25) is 4.98 Å². The number of nitrogens with two attached hydrogens (primary N) is 1. The summed E-state index contributed by atoms with van der Waals surface area (Å²) in [4.78, 5) is 5.30. The van der Waals surface area contributed by atoms with Crippen molar-refractivity contribution in [1.29, 1.82) is 0 Å². The second kappa shape index (κ2) is 4.56. The van der Waals surface area contributed by atoms with Gasteiger partial charge >= 0.3 is 0 Å². The zero-order valence-electron chi connectivity index (χ0n) is 9.43. The molecule has 1 aliphatic heterocycles. The van der Waals surface area contributed by atoms with E-state index >= 15 is 0 Å². The van der Waals surface area contributed by atoms with E-state index in [1.165, 1.54) is 21.6 Å². The molecule has 2 aromatic rings. The van der Waals surface area contributed by atoms with E-state index in [0.29, 0.717) is 0 Å². The van der Waals surface area contributed by atoms with Gasteiger partial charge in [-0.2, -0.15) is 0 Å². The topological polar surface area (TPSA) is 48.1 Å². The van der Waals surface area contributed by atoms with E-state index < -0.39 is 0 Å². The summed E-state index contributed by atoms with van der Waals surface area (Å²) in [6, 6.07) is 6.46. The van der Waals surface area contributed by atoms with Gasteiger partial charge in [0.25, 0.3) is 0 Å². The molecule has 17 heavy (non-hydrogen) atoms. The highest BCUT2D eigenvalue weighted by molar-refractivity contribution is 7.09. The van der Waals surface area contributed by atoms with Crippen molar-refractivity contribution in [2.24, 2.45) is 5.73 Å². The highest BCUT2D eigenvalue weighted by atomic mass is 32.1. The molecule has 0 fully saturated rings. The quantitative estimate of drug-likeness (QED) is 0.904. The standard InChI is InChI=1S/C13H14N2OS/c14-13(4-12-5-15-8-17-12)9-1-2-10-6-16-7-11(10)3-9/h1-3,5,8,13H,4,6-7,14H2. The van der Waals surface area contributed by atoms with Crippen LogP contribution in [0.4, 0.5) is 0 Å². The van der Waals surface area contributed by atoms with E-state index in [1.807, 2.05) is 11.7 Å². The second-order valence-corrected chi connectivity index (χ2v) is 5.27. The largest absolute Gasteiger partial charge is 0.372 e. The van der Waals surface area contributed by atoms with Crippen molar-refractivity contribution in [2.45, 2.75) is 25.7 Å². The van der Waals surface area contributed by atoms with Gasteiger partial charge in [0.05, 0.1) is 18.7 Å². The van der Waals surface area contributed by atoms with Crippen LogP contribution < -0.4 is 5.73 Å². The van der Waals surface area contributed by atoms with Crippen LogP contribution in [0, 0.1) is 0 Å². The fourth-order valence-electron chi connectivity index (χ4n) is 2.10. The lowest BCUT2D eigenvalue weighted by Gasteiger charge is -2.11. The van der Waals surface area contributed by atoms with Crippen LogP contribution in [0.15, 0.2) is 29.9 Å². The summed E-state index contributed by atoms with van der Waals surface area (Å²) in [5.41, 5.74) is 11.8. The summed E-state index contributed by atoms with van der Waals surface area (Å²) in [7, 11) is 0. The van der Waals surface area contributed by atoms with Gasteiger partial charge in [-0.15, -0.1) is 11.3 Å². The molecule has 2 heterocycles. The maximum atomic E-state index is 6.22. The molecule has 0 amide bonds. The van der Waals surface area contributed by atoms with E-state index in [2.05, 4.69) is 23.2 Å². The van der Waals surface area contributed by atoms with Crippen LogP contribution in [-0.4, -0.2) is 4.98 Å². The molecule has 0 saturated heterocycles. The van der Waals surface area contributed by atoms with Crippen molar-refractivity contribution in [3.05, 3.63) is 51.5 Å². The van der Waals surface area contributed by atoms with E-state index in [0.717, 1.165) is 19.6 Å². The number of rotatable bonds is 3. The number of fused-ring (bicyclic) bond motifs is 1. The Hall–Kier alpha value is -1.23. The van der Waals surface area contributed by atoms with Gasteiger partial charge in [0.1, 0.15) is 0 Å². The molecule has 0 bridgehead atoms. The number of aromatic nitrogens is 1. The van der Waals surface area contributed by atoms with Crippen molar-refractivity contribution in [1.82, 2.24) is 4.98 Å². The molecule has 1 unspecified atom stereocenters. The Balaban J connectivity index is 1.79. The summed E-state index contributed by atoms with van der Waals surface area (Å²) < 4.78 is 5.41. The highest BCUT2D eigenvalue weighted by Gasteiger charge is 2.14. The molecule has 88 valence electrons. The molecule has 0 aliphatic carbocycles. The molecule has 2 N–H and O–H groups in total. The molecule has 1 atom stereocenters. The third-order valence-electron chi connectivity index (χ3n) is 3.08. The average molecular weight is 246 g/mol. The maximum Gasteiger partial charge on any atom is 0.0794 e. The first-order valence-electron chi connectivity index (χ1n) is 5.65. The minimum Gasteiger partial charge on any atom is -0.372 e. The van der Waals surface area contributed by atoms with Gasteiger partial charge in [0.2, 0.25) is 0 Å². The Morgan fingerprint density at radius 2 is 2.24 bits per heavy atom. The Bertz CT molecular complexity index is 510. The zero-order chi connectivity index (χ0) is 11.7. The summed E-state index contributed by atoms with van der Waals surface area (Å²) in [6.07, 6.45) is 2.74. The van der Waals surface area contributed by atoms with Crippen LogP contribution in [0.25, 0.3) is 0 Å². The van der Waals surface area contributed by atoms with Gasteiger partial charge in [-0.1, -0.05) is 18.2 Å². The van der Waals surface area contributed by atoms with E-state index in [9.17, 15) is 0 Å². The highest BCUT2D eigenvalue weighted by Crippen LogP contribution is 2.25. The zero-order valence-corrected chi connectivity index (χ0v) is 10.2. The van der Waals surface area contributed by atoms with E-state index in [1.54, 1.807) is 11.3 Å². The Morgan fingerprint density at radius 1 is 1.35 bits per heavy atom. The minimum atomic E-state index is 0.0429. The molecular formula is C13H14N2OS. The number of nitrogens with zero attached hydrogens (tertiary/aromatic N) is 1. The lowest BCUT2D eigenvalue weighted by atomic mass is 9.99. The van der Waals surface area contributed by atoms with Gasteiger partial charge in [-0.05, 0) is 16.7 Å². The monoisotopic (exact) mass is 246 g/mol. The second-order valence-electron chi connectivity index (χ2n) is 4.30. The molecular weight excluding hydrogens is 232 g/mol. The van der Waals surface area contributed by atoms with Crippen molar-refractivity contribution in [3.8, 4) is 0 Å². The average Bonchev–Trinajstić information content (AvgIpc) is 2.97. The van der Waals surface area contributed by atoms with Gasteiger partial charge in [0, 0.05) is 23.5 Å². The van der Waals surface area contributed by atoms with Crippen molar-refractivity contribution >= 4 is 11.3 Å². The number of thiazole rings is 1. The summed E-state index contributed by atoms with van der Waals surface area (Å²) >= 11 is 1.66. The third-order valence-corrected chi connectivity index (χ3v) is 3.88. The lowest BCUT2D eigenvalue weighted by Crippen LogP contribution is -2.13. The molecule has 4 heteroatoms.